The molecule has 1 atom stereocenters. The monoisotopic (exact) mass is 306 g/mol. The number of benzene rings is 2. The SMILES string of the molecule is O=C(O)c1cc(NS(=O)O)ccc1NCc1ccccc1. The molecule has 7 heteroatoms. The van der Waals surface area contributed by atoms with Gasteiger partial charge in [0.15, 0.2) is 0 Å². The van der Waals surface area contributed by atoms with Crippen molar-refractivity contribution in [2.45, 2.75) is 6.54 Å². The van der Waals surface area contributed by atoms with Crippen LogP contribution in [0.1, 0.15) is 15.9 Å². The number of nitrogens with one attached hydrogen (secondary N) is 2. The first-order chi connectivity index (χ1) is 10.1. The summed E-state index contributed by atoms with van der Waals surface area (Å²) >= 11 is -2.24. The summed E-state index contributed by atoms with van der Waals surface area (Å²) in [6, 6.07) is 14.0. The minimum absolute atomic E-state index is 0.0291. The number of aromatic carboxylic acids is 1. The van der Waals surface area contributed by atoms with Gasteiger partial charge in [-0.2, -0.15) is 0 Å². The molecule has 4 N–H and O–H groups in total. The van der Waals surface area contributed by atoms with E-state index in [1.165, 1.54) is 12.1 Å². The van der Waals surface area contributed by atoms with E-state index in [1.54, 1.807) is 6.07 Å². The van der Waals surface area contributed by atoms with E-state index >= 15 is 0 Å². The predicted molar refractivity (Wildman–Crippen MR) is 81.6 cm³/mol. The number of anilines is 2. The molecule has 2 aromatic rings. The van der Waals surface area contributed by atoms with Gasteiger partial charge in [-0.1, -0.05) is 30.3 Å². The van der Waals surface area contributed by atoms with Gasteiger partial charge in [0.25, 0.3) is 11.3 Å². The van der Waals surface area contributed by atoms with Crippen LogP contribution in [0, 0.1) is 0 Å². The first-order valence-electron chi connectivity index (χ1n) is 6.09. The van der Waals surface area contributed by atoms with Crippen molar-refractivity contribution in [3.8, 4) is 0 Å². The minimum Gasteiger partial charge on any atom is -0.478 e. The Morgan fingerprint density at radius 1 is 1.14 bits per heavy atom. The van der Waals surface area contributed by atoms with Gasteiger partial charge in [-0.05, 0) is 23.8 Å². The van der Waals surface area contributed by atoms with Crippen LogP contribution in [0.2, 0.25) is 0 Å². The summed E-state index contributed by atoms with van der Waals surface area (Å²) in [5.41, 5.74) is 1.76. The van der Waals surface area contributed by atoms with Crippen molar-refractivity contribution >= 4 is 28.6 Å². The average molecular weight is 306 g/mol. The topological polar surface area (TPSA) is 98.7 Å². The molecule has 21 heavy (non-hydrogen) atoms. The molecule has 1 unspecified atom stereocenters. The maximum Gasteiger partial charge on any atom is 0.337 e. The van der Waals surface area contributed by atoms with E-state index < -0.39 is 17.2 Å². The lowest BCUT2D eigenvalue weighted by atomic mass is 10.1. The third kappa shape index (κ3) is 4.30. The van der Waals surface area contributed by atoms with E-state index in [2.05, 4.69) is 10.0 Å². The van der Waals surface area contributed by atoms with Crippen LogP contribution in [0.4, 0.5) is 11.4 Å². The first-order valence-corrected chi connectivity index (χ1v) is 7.19. The molecule has 0 aromatic heterocycles. The molecule has 0 aliphatic heterocycles. The summed E-state index contributed by atoms with van der Waals surface area (Å²) in [6.45, 7) is 0.486. The largest absolute Gasteiger partial charge is 0.478 e. The van der Waals surface area contributed by atoms with E-state index in [9.17, 15) is 14.1 Å². The molecule has 0 bridgehead atoms. The van der Waals surface area contributed by atoms with Crippen LogP contribution in [-0.2, 0) is 17.8 Å². The van der Waals surface area contributed by atoms with Gasteiger partial charge in [-0.25, -0.2) is 9.00 Å². The zero-order valence-electron chi connectivity index (χ0n) is 10.9. The number of hydrogen-bond acceptors (Lipinski definition) is 3. The Bertz CT molecular complexity index is 661. The van der Waals surface area contributed by atoms with Gasteiger partial charge in [0.1, 0.15) is 0 Å². The summed E-state index contributed by atoms with van der Waals surface area (Å²) in [5, 5.41) is 12.3. The molecular weight excluding hydrogens is 292 g/mol. The molecule has 2 rings (SSSR count). The third-order valence-corrected chi connectivity index (χ3v) is 3.19. The summed E-state index contributed by atoms with van der Waals surface area (Å²) in [6.07, 6.45) is 0. The Balaban J connectivity index is 2.18. The van der Waals surface area contributed by atoms with Gasteiger partial charge in [0.2, 0.25) is 0 Å². The molecule has 110 valence electrons. The number of carboxylic acids is 1. The van der Waals surface area contributed by atoms with Crippen molar-refractivity contribution in [2.75, 3.05) is 10.0 Å². The fourth-order valence-corrected chi connectivity index (χ4v) is 2.16. The predicted octanol–water partition coefficient (Wildman–Crippen LogP) is 2.55. The van der Waals surface area contributed by atoms with Crippen molar-refractivity contribution in [1.29, 1.82) is 0 Å². The average Bonchev–Trinajstić information content (AvgIpc) is 2.46. The number of rotatable bonds is 6. The van der Waals surface area contributed by atoms with Crippen LogP contribution < -0.4 is 10.0 Å². The molecular formula is C14H14N2O4S. The zero-order valence-corrected chi connectivity index (χ0v) is 11.8. The lowest BCUT2D eigenvalue weighted by molar-refractivity contribution is 0.0698. The van der Waals surface area contributed by atoms with Crippen LogP contribution in [-0.4, -0.2) is 19.8 Å². The lowest BCUT2D eigenvalue weighted by Gasteiger charge is -2.11. The van der Waals surface area contributed by atoms with Crippen molar-refractivity contribution in [2.24, 2.45) is 0 Å². The molecule has 2 aromatic carbocycles. The molecule has 6 nitrogen and oxygen atoms in total. The molecule has 0 saturated carbocycles. The Labute approximate surface area is 124 Å². The molecule has 0 aliphatic carbocycles. The van der Waals surface area contributed by atoms with E-state index in [4.69, 9.17) is 4.55 Å². The Morgan fingerprint density at radius 3 is 2.48 bits per heavy atom. The second kappa shape index (κ2) is 6.87. The van der Waals surface area contributed by atoms with E-state index in [1.807, 2.05) is 30.3 Å². The number of carbonyl (C=O) groups is 1. The third-order valence-electron chi connectivity index (χ3n) is 2.78. The van der Waals surface area contributed by atoms with Crippen LogP contribution >= 0.6 is 0 Å². The summed E-state index contributed by atoms with van der Waals surface area (Å²) in [5.74, 6) is -1.11. The summed E-state index contributed by atoms with van der Waals surface area (Å²) in [4.78, 5) is 11.3. The molecule has 0 spiro atoms. The number of carboxylic acid groups (broad SMARTS) is 1. The van der Waals surface area contributed by atoms with Crippen molar-refractivity contribution in [1.82, 2.24) is 0 Å². The lowest BCUT2D eigenvalue weighted by Crippen LogP contribution is -2.08. The fraction of sp³-hybridized carbons (Fsp3) is 0.0714. The maximum atomic E-state index is 11.3. The quantitative estimate of drug-likeness (QED) is 0.615. The van der Waals surface area contributed by atoms with E-state index in [0.29, 0.717) is 12.2 Å². The van der Waals surface area contributed by atoms with Gasteiger partial charge >= 0.3 is 5.97 Å². The minimum atomic E-state index is -2.24. The fourth-order valence-electron chi connectivity index (χ4n) is 1.83. The van der Waals surface area contributed by atoms with E-state index in [0.717, 1.165) is 5.56 Å². The Morgan fingerprint density at radius 2 is 1.86 bits per heavy atom. The smallest absolute Gasteiger partial charge is 0.337 e. The molecule has 0 heterocycles. The molecule has 0 saturated heterocycles. The standard InChI is InChI=1S/C14H14N2O4S/c17-14(18)12-8-11(16-21(19)20)6-7-13(12)15-9-10-4-2-1-3-5-10/h1-8,15-16H,9H2,(H,17,18)(H,19,20). The van der Waals surface area contributed by atoms with E-state index in [-0.39, 0.29) is 11.3 Å². The second-order valence-electron chi connectivity index (χ2n) is 4.26. The van der Waals surface area contributed by atoms with Crippen LogP contribution in [0.15, 0.2) is 48.5 Å². The number of hydrogen-bond donors (Lipinski definition) is 4. The molecule has 0 fully saturated rings. The van der Waals surface area contributed by atoms with Crippen LogP contribution in [0.3, 0.4) is 0 Å². The highest BCUT2D eigenvalue weighted by molar-refractivity contribution is 7.80. The zero-order chi connectivity index (χ0) is 15.2. The second-order valence-corrected chi connectivity index (χ2v) is 4.96. The summed E-state index contributed by atoms with van der Waals surface area (Å²) in [7, 11) is 0. The Kier molecular flexibility index (Phi) is 4.91. The first kappa shape index (κ1) is 15.0. The van der Waals surface area contributed by atoms with Gasteiger partial charge in [0, 0.05) is 17.9 Å². The highest BCUT2D eigenvalue weighted by Gasteiger charge is 2.11. The maximum absolute atomic E-state index is 11.3. The normalized spacial score (nSPS) is 11.7. The van der Waals surface area contributed by atoms with Gasteiger partial charge in [0.05, 0.1) is 5.56 Å². The molecule has 0 aliphatic rings. The van der Waals surface area contributed by atoms with Crippen LogP contribution in [0.25, 0.3) is 0 Å². The Hall–Kier alpha value is -2.38. The van der Waals surface area contributed by atoms with Crippen LogP contribution in [0.5, 0.6) is 0 Å². The van der Waals surface area contributed by atoms with Crippen molar-refractivity contribution in [3.63, 3.8) is 0 Å². The highest BCUT2D eigenvalue weighted by Crippen LogP contribution is 2.21. The molecule has 0 radical (unpaired) electrons. The van der Waals surface area contributed by atoms with Crippen molar-refractivity contribution in [3.05, 3.63) is 59.7 Å². The van der Waals surface area contributed by atoms with Gasteiger partial charge < -0.3 is 10.4 Å². The highest BCUT2D eigenvalue weighted by atomic mass is 32.2. The van der Waals surface area contributed by atoms with Gasteiger partial charge in [-0.15, -0.1) is 0 Å². The summed E-state index contributed by atoms with van der Waals surface area (Å²) < 4.78 is 21.7. The molecule has 0 amide bonds. The van der Waals surface area contributed by atoms with Gasteiger partial charge in [-0.3, -0.25) is 9.27 Å². The van der Waals surface area contributed by atoms with Crippen molar-refractivity contribution < 1.29 is 18.7 Å².